The Hall–Kier alpha value is -0.410. The van der Waals surface area contributed by atoms with Crippen molar-refractivity contribution >= 4 is 11.3 Å². The van der Waals surface area contributed by atoms with Crippen molar-refractivity contribution in [3.63, 3.8) is 0 Å². The highest BCUT2D eigenvalue weighted by molar-refractivity contribution is 7.09. The Bertz CT molecular complexity index is 434. The second-order valence-electron chi connectivity index (χ2n) is 7.35. The van der Waals surface area contributed by atoms with Gasteiger partial charge in [0.15, 0.2) is 0 Å². The summed E-state index contributed by atoms with van der Waals surface area (Å²) in [5.41, 5.74) is 1.63. The molecule has 0 atom stereocenters. The van der Waals surface area contributed by atoms with E-state index >= 15 is 0 Å². The molecule has 0 bridgehead atoms. The Morgan fingerprint density at radius 1 is 1.21 bits per heavy atom. The van der Waals surface area contributed by atoms with E-state index in [1.54, 1.807) is 0 Å². The summed E-state index contributed by atoms with van der Waals surface area (Å²) in [6.07, 6.45) is 9.37. The Balaban J connectivity index is 1.87. The van der Waals surface area contributed by atoms with Gasteiger partial charge in [0, 0.05) is 16.8 Å². The maximum absolute atomic E-state index is 5.01. The van der Waals surface area contributed by atoms with Gasteiger partial charge >= 0.3 is 0 Å². The van der Waals surface area contributed by atoms with Crippen molar-refractivity contribution in [2.45, 2.75) is 82.7 Å². The Morgan fingerprint density at radius 2 is 1.89 bits per heavy atom. The van der Waals surface area contributed by atoms with Gasteiger partial charge in [0.25, 0.3) is 0 Å². The van der Waals surface area contributed by atoms with Gasteiger partial charge in [0.1, 0.15) is 5.01 Å². The number of hydrogen-bond acceptors (Lipinski definition) is 3. The fraction of sp³-hybridized carbons (Fsp3) is 0.812. The van der Waals surface area contributed by atoms with Gasteiger partial charge in [0.05, 0.1) is 11.2 Å². The van der Waals surface area contributed by atoms with Crippen LogP contribution in [-0.2, 0) is 11.0 Å². The van der Waals surface area contributed by atoms with Gasteiger partial charge in [-0.3, -0.25) is 0 Å². The molecular weight excluding hydrogens is 252 g/mol. The van der Waals surface area contributed by atoms with E-state index in [0.29, 0.717) is 0 Å². The third-order valence-electron chi connectivity index (χ3n) is 4.45. The fourth-order valence-corrected chi connectivity index (χ4v) is 4.30. The highest BCUT2D eigenvalue weighted by Crippen LogP contribution is 2.42. The normalized spacial score (nSPS) is 23.5. The minimum Gasteiger partial charge on any atom is -0.303 e. The van der Waals surface area contributed by atoms with Crippen molar-refractivity contribution in [1.82, 2.24) is 10.3 Å². The number of hydrogen-bond donors (Lipinski definition) is 1. The first kappa shape index (κ1) is 13.6. The number of aromatic nitrogens is 1. The van der Waals surface area contributed by atoms with E-state index in [4.69, 9.17) is 4.98 Å². The molecule has 1 aromatic heterocycles. The highest BCUT2D eigenvalue weighted by atomic mass is 32.1. The summed E-state index contributed by atoms with van der Waals surface area (Å²) in [4.78, 5) is 5.01. The number of thiazole rings is 1. The van der Waals surface area contributed by atoms with Crippen molar-refractivity contribution < 1.29 is 0 Å². The lowest BCUT2D eigenvalue weighted by atomic mass is 9.81. The van der Waals surface area contributed by atoms with Crippen molar-refractivity contribution in [3.8, 4) is 0 Å². The quantitative estimate of drug-likeness (QED) is 0.889. The summed E-state index contributed by atoms with van der Waals surface area (Å²) < 4.78 is 0. The molecule has 106 valence electrons. The molecule has 19 heavy (non-hydrogen) atoms. The van der Waals surface area contributed by atoms with Crippen LogP contribution in [0.3, 0.4) is 0 Å². The van der Waals surface area contributed by atoms with Crippen molar-refractivity contribution in [1.29, 1.82) is 0 Å². The molecule has 1 heterocycles. The lowest BCUT2D eigenvalue weighted by Gasteiger charge is -2.37. The van der Waals surface area contributed by atoms with Crippen LogP contribution in [0, 0.1) is 0 Å². The van der Waals surface area contributed by atoms with E-state index in [1.807, 2.05) is 11.3 Å². The summed E-state index contributed by atoms with van der Waals surface area (Å²) in [7, 11) is 0. The first-order chi connectivity index (χ1) is 9.00. The van der Waals surface area contributed by atoms with Crippen molar-refractivity contribution in [2.24, 2.45) is 0 Å². The van der Waals surface area contributed by atoms with E-state index in [0.717, 1.165) is 6.04 Å². The standard InChI is InChI=1S/C16H26N2S/c1-15(2,3)13-11-19-14(17-13)16(18-12-7-8-12)9-5-4-6-10-16/h11-12,18H,4-10H2,1-3H3. The molecule has 0 saturated heterocycles. The molecule has 0 aliphatic heterocycles. The zero-order valence-electron chi connectivity index (χ0n) is 12.5. The van der Waals surface area contributed by atoms with E-state index in [2.05, 4.69) is 31.5 Å². The topological polar surface area (TPSA) is 24.9 Å². The van der Waals surface area contributed by atoms with Crippen LogP contribution in [0.5, 0.6) is 0 Å². The van der Waals surface area contributed by atoms with Crippen LogP contribution < -0.4 is 5.32 Å². The van der Waals surface area contributed by atoms with Crippen LogP contribution in [0.2, 0.25) is 0 Å². The largest absolute Gasteiger partial charge is 0.303 e. The van der Waals surface area contributed by atoms with E-state index in [-0.39, 0.29) is 11.0 Å². The van der Waals surface area contributed by atoms with Crippen LogP contribution >= 0.6 is 11.3 Å². The molecule has 3 rings (SSSR count). The predicted molar refractivity (Wildman–Crippen MR) is 81.7 cm³/mol. The molecule has 0 spiro atoms. The Labute approximate surface area is 121 Å². The molecule has 1 aromatic rings. The van der Waals surface area contributed by atoms with Gasteiger partial charge in [-0.2, -0.15) is 0 Å². The van der Waals surface area contributed by atoms with E-state index in [1.165, 1.54) is 55.6 Å². The van der Waals surface area contributed by atoms with Crippen LogP contribution in [0.4, 0.5) is 0 Å². The molecule has 2 aliphatic carbocycles. The second kappa shape index (κ2) is 4.85. The van der Waals surface area contributed by atoms with Gasteiger partial charge in [0.2, 0.25) is 0 Å². The summed E-state index contributed by atoms with van der Waals surface area (Å²) in [6, 6.07) is 0.764. The second-order valence-corrected chi connectivity index (χ2v) is 8.21. The molecule has 0 radical (unpaired) electrons. The Morgan fingerprint density at radius 3 is 2.42 bits per heavy atom. The van der Waals surface area contributed by atoms with Gasteiger partial charge in [-0.15, -0.1) is 11.3 Å². The predicted octanol–water partition coefficient (Wildman–Crippen LogP) is 4.35. The molecular formula is C16H26N2S. The fourth-order valence-electron chi connectivity index (χ4n) is 3.03. The molecule has 1 N–H and O–H groups in total. The summed E-state index contributed by atoms with van der Waals surface area (Å²) >= 11 is 1.88. The number of rotatable bonds is 3. The van der Waals surface area contributed by atoms with Gasteiger partial charge in [-0.05, 0) is 25.7 Å². The number of nitrogens with one attached hydrogen (secondary N) is 1. The molecule has 0 unspecified atom stereocenters. The molecule has 2 nitrogen and oxygen atoms in total. The van der Waals surface area contributed by atoms with Crippen molar-refractivity contribution in [3.05, 3.63) is 16.1 Å². The minimum absolute atomic E-state index is 0.171. The maximum atomic E-state index is 5.01. The monoisotopic (exact) mass is 278 g/mol. The molecule has 2 saturated carbocycles. The third-order valence-corrected chi connectivity index (χ3v) is 5.49. The van der Waals surface area contributed by atoms with Crippen LogP contribution in [-0.4, -0.2) is 11.0 Å². The lowest BCUT2D eigenvalue weighted by molar-refractivity contribution is 0.229. The molecule has 0 amide bonds. The summed E-state index contributed by atoms with van der Waals surface area (Å²) in [5.74, 6) is 0. The zero-order chi connectivity index (χ0) is 13.5. The summed E-state index contributed by atoms with van der Waals surface area (Å²) in [6.45, 7) is 6.77. The highest BCUT2D eigenvalue weighted by Gasteiger charge is 2.41. The van der Waals surface area contributed by atoms with E-state index < -0.39 is 0 Å². The first-order valence-corrected chi connectivity index (χ1v) is 8.62. The van der Waals surface area contributed by atoms with Crippen LogP contribution in [0.15, 0.2) is 5.38 Å². The SMILES string of the molecule is CC(C)(C)c1csc(C2(NC3CC3)CCCCC2)n1. The smallest absolute Gasteiger partial charge is 0.113 e. The first-order valence-electron chi connectivity index (χ1n) is 7.74. The minimum atomic E-state index is 0.171. The number of nitrogens with zero attached hydrogens (tertiary/aromatic N) is 1. The molecule has 2 aliphatic rings. The average Bonchev–Trinajstić information content (AvgIpc) is 3.01. The van der Waals surface area contributed by atoms with Crippen molar-refractivity contribution in [2.75, 3.05) is 0 Å². The maximum Gasteiger partial charge on any atom is 0.113 e. The Kier molecular flexibility index (Phi) is 3.46. The molecule has 0 aromatic carbocycles. The van der Waals surface area contributed by atoms with Gasteiger partial charge in [-0.25, -0.2) is 4.98 Å². The zero-order valence-corrected chi connectivity index (χ0v) is 13.3. The lowest BCUT2D eigenvalue weighted by Crippen LogP contribution is -2.45. The molecule has 2 fully saturated rings. The van der Waals surface area contributed by atoms with Gasteiger partial charge in [-0.1, -0.05) is 40.0 Å². The van der Waals surface area contributed by atoms with Crippen LogP contribution in [0.1, 0.15) is 76.4 Å². The third kappa shape index (κ3) is 2.87. The van der Waals surface area contributed by atoms with Crippen LogP contribution in [0.25, 0.3) is 0 Å². The average molecular weight is 278 g/mol. The molecule has 3 heteroatoms. The summed E-state index contributed by atoms with van der Waals surface area (Å²) in [5, 5.41) is 7.56. The van der Waals surface area contributed by atoms with Gasteiger partial charge < -0.3 is 5.32 Å². The van der Waals surface area contributed by atoms with E-state index in [9.17, 15) is 0 Å².